The summed E-state index contributed by atoms with van der Waals surface area (Å²) in [6.45, 7) is 5.43. The number of carbonyl (C=O) groups excluding carboxylic acids is 1. The Kier molecular flexibility index (Phi) is 3.22. The van der Waals surface area contributed by atoms with Crippen LogP contribution in [0.5, 0.6) is 0 Å². The summed E-state index contributed by atoms with van der Waals surface area (Å²) < 4.78 is 0. The third kappa shape index (κ3) is 1.96. The summed E-state index contributed by atoms with van der Waals surface area (Å²) in [5.41, 5.74) is 5.87. The number of hydrogen-bond acceptors (Lipinski definition) is 3. The van der Waals surface area contributed by atoms with Crippen molar-refractivity contribution in [3.05, 3.63) is 0 Å². The Hall–Kier alpha value is -0.610. The molecule has 4 nitrogen and oxygen atoms in total. The fourth-order valence-electron chi connectivity index (χ4n) is 2.91. The molecule has 16 heavy (non-hydrogen) atoms. The van der Waals surface area contributed by atoms with Gasteiger partial charge in [-0.2, -0.15) is 0 Å². The Morgan fingerprint density at radius 3 is 2.62 bits per heavy atom. The molecule has 4 atom stereocenters. The normalized spacial score (nSPS) is 35.6. The second kappa shape index (κ2) is 4.34. The summed E-state index contributed by atoms with van der Waals surface area (Å²) in [6.07, 6.45) is 1.73. The summed E-state index contributed by atoms with van der Waals surface area (Å²) in [7, 11) is 0. The van der Waals surface area contributed by atoms with Gasteiger partial charge in [-0.1, -0.05) is 13.8 Å². The lowest BCUT2D eigenvalue weighted by Gasteiger charge is -2.24. The Morgan fingerprint density at radius 2 is 2.06 bits per heavy atom. The van der Waals surface area contributed by atoms with Crippen LogP contribution in [0.4, 0.5) is 0 Å². The van der Waals surface area contributed by atoms with Gasteiger partial charge in [0.15, 0.2) is 0 Å². The molecule has 0 radical (unpaired) electrons. The molecule has 2 rings (SSSR count). The van der Waals surface area contributed by atoms with Crippen LogP contribution in [0.25, 0.3) is 0 Å². The van der Waals surface area contributed by atoms with E-state index in [0.29, 0.717) is 18.4 Å². The van der Waals surface area contributed by atoms with Crippen LogP contribution >= 0.6 is 0 Å². The maximum Gasteiger partial charge on any atom is 0.239 e. The van der Waals surface area contributed by atoms with Gasteiger partial charge in [0.1, 0.15) is 0 Å². The van der Waals surface area contributed by atoms with Crippen molar-refractivity contribution in [2.24, 2.45) is 23.5 Å². The summed E-state index contributed by atoms with van der Waals surface area (Å²) in [6, 6.07) is -0.393. The number of rotatable bonds is 2. The van der Waals surface area contributed by atoms with Gasteiger partial charge in [-0.25, -0.2) is 0 Å². The fourth-order valence-corrected chi connectivity index (χ4v) is 2.91. The predicted molar refractivity (Wildman–Crippen MR) is 61.6 cm³/mol. The van der Waals surface area contributed by atoms with Crippen molar-refractivity contribution in [2.75, 3.05) is 13.1 Å². The first-order valence-electron chi connectivity index (χ1n) is 6.23. The second-order valence-corrected chi connectivity index (χ2v) is 5.58. The number of hydrogen-bond donors (Lipinski definition) is 2. The number of nitrogens with zero attached hydrogens (tertiary/aromatic N) is 1. The van der Waals surface area contributed by atoms with Crippen LogP contribution in [-0.2, 0) is 4.79 Å². The van der Waals surface area contributed by atoms with E-state index in [2.05, 4.69) is 0 Å². The van der Waals surface area contributed by atoms with Crippen molar-refractivity contribution >= 4 is 5.91 Å². The van der Waals surface area contributed by atoms with Crippen LogP contribution in [0.2, 0.25) is 0 Å². The first kappa shape index (κ1) is 11.9. The van der Waals surface area contributed by atoms with Crippen molar-refractivity contribution in [3.8, 4) is 0 Å². The average Bonchev–Trinajstić information content (AvgIpc) is 2.79. The van der Waals surface area contributed by atoms with E-state index in [1.54, 1.807) is 0 Å². The van der Waals surface area contributed by atoms with Crippen LogP contribution in [0, 0.1) is 17.8 Å². The van der Waals surface area contributed by atoms with Crippen molar-refractivity contribution in [3.63, 3.8) is 0 Å². The molecule has 1 saturated heterocycles. The van der Waals surface area contributed by atoms with E-state index in [4.69, 9.17) is 5.73 Å². The molecule has 0 spiro atoms. The molecule has 0 bridgehead atoms. The standard InChI is InChI=1S/C12H22N2O2/c1-7(2)11(13)12(16)14-5-8-3-4-10(15)9(8)6-14/h7-11,15H,3-6,13H2,1-2H3. The maximum atomic E-state index is 12.0. The minimum atomic E-state index is -0.393. The molecular formula is C12H22N2O2. The van der Waals surface area contributed by atoms with Crippen LogP contribution in [0.1, 0.15) is 26.7 Å². The molecule has 2 aliphatic rings. The number of amides is 1. The van der Waals surface area contributed by atoms with Crippen molar-refractivity contribution in [1.29, 1.82) is 0 Å². The van der Waals surface area contributed by atoms with Crippen LogP contribution in [0.15, 0.2) is 0 Å². The number of carbonyl (C=O) groups is 1. The first-order valence-corrected chi connectivity index (χ1v) is 6.23. The van der Waals surface area contributed by atoms with E-state index in [1.165, 1.54) is 0 Å². The van der Waals surface area contributed by atoms with Crippen molar-refractivity contribution in [1.82, 2.24) is 4.90 Å². The summed E-state index contributed by atoms with van der Waals surface area (Å²) in [5, 5.41) is 9.78. The lowest BCUT2D eigenvalue weighted by Crippen LogP contribution is -2.46. The van der Waals surface area contributed by atoms with E-state index >= 15 is 0 Å². The smallest absolute Gasteiger partial charge is 0.239 e. The van der Waals surface area contributed by atoms with Gasteiger partial charge in [-0.05, 0) is 24.7 Å². The summed E-state index contributed by atoms with van der Waals surface area (Å²) in [4.78, 5) is 13.9. The molecule has 0 aromatic carbocycles. The van der Waals surface area contributed by atoms with Crippen LogP contribution in [0.3, 0.4) is 0 Å². The summed E-state index contributed by atoms with van der Waals surface area (Å²) in [5.74, 6) is 1.02. The zero-order valence-corrected chi connectivity index (χ0v) is 10.1. The Balaban J connectivity index is 1.96. The predicted octanol–water partition coefficient (Wildman–Crippen LogP) is 0.199. The molecule has 3 N–H and O–H groups in total. The highest BCUT2D eigenvalue weighted by molar-refractivity contribution is 5.82. The van der Waals surface area contributed by atoms with Gasteiger partial charge >= 0.3 is 0 Å². The zero-order valence-electron chi connectivity index (χ0n) is 10.1. The molecule has 0 aromatic rings. The highest BCUT2D eigenvalue weighted by atomic mass is 16.3. The lowest BCUT2D eigenvalue weighted by molar-refractivity contribution is -0.132. The zero-order chi connectivity index (χ0) is 11.9. The molecule has 4 heteroatoms. The van der Waals surface area contributed by atoms with E-state index in [0.717, 1.165) is 19.4 Å². The number of aliphatic hydroxyl groups is 1. The van der Waals surface area contributed by atoms with Gasteiger partial charge in [0.05, 0.1) is 12.1 Å². The van der Waals surface area contributed by atoms with Gasteiger partial charge in [0.2, 0.25) is 5.91 Å². The monoisotopic (exact) mass is 226 g/mol. The van der Waals surface area contributed by atoms with Gasteiger partial charge in [-0.3, -0.25) is 4.79 Å². The van der Waals surface area contributed by atoms with Crippen molar-refractivity contribution < 1.29 is 9.90 Å². The molecule has 0 aromatic heterocycles. The molecule has 2 fully saturated rings. The molecule has 1 amide bonds. The van der Waals surface area contributed by atoms with E-state index in [9.17, 15) is 9.90 Å². The first-order chi connectivity index (χ1) is 7.50. The number of aliphatic hydroxyl groups excluding tert-OH is 1. The molecule has 1 saturated carbocycles. The fraction of sp³-hybridized carbons (Fsp3) is 0.917. The average molecular weight is 226 g/mol. The maximum absolute atomic E-state index is 12.0. The quantitative estimate of drug-likeness (QED) is 0.707. The molecule has 1 aliphatic heterocycles. The largest absolute Gasteiger partial charge is 0.393 e. The lowest BCUT2D eigenvalue weighted by atomic mass is 10.00. The third-order valence-corrected chi connectivity index (χ3v) is 4.13. The minimum absolute atomic E-state index is 0.0524. The van der Waals surface area contributed by atoms with Gasteiger partial charge in [0.25, 0.3) is 0 Å². The number of likely N-dealkylation sites (tertiary alicyclic amines) is 1. The Labute approximate surface area is 96.8 Å². The molecular weight excluding hydrogens is 204 g/mol. The SMILES string of the molecule is CC(C)C(N)C(=O)N1CC2CCC(O)C2C1. The Bertz CT molecular complexity index is 280. The second-order valence-electron chi connectivity index (χ2n) is 5.58. The highest BCUT2D eigenvalue weighted by Gasteiger charge is 2.44. The molecule has 4 unspecified atom stereocenters. The van der Waals surface area contributed by atoms with Crippen molar-refractivity contribution in [2.45, 2.75) is 38.8 Å². The molecule has 92 valence electrons. The van der Waals surface area contributed by atoms with Gasteiger partial charge in [-0.15, -0.1) is 0 Å². The minimum Gasteiger partial charge on any atom is -0.393 e. The third-order valence-electron chi connectivity index (χ3n) is 4.13. The molecule has 1 heterocycles. The van der Waals surface area contributed by atoms with E-state index in [1.807, 2.05) is 18.7 Å². The summed E-state index contributed by atoms with van der Waals surface area (Å²) >= 11 is 0. The number of fused-ring (bicyclic) bond motifs is 1. The Morgan fingerprint density at radius 1 is 1.38 bits per heavy atom. The van der Waals surface area contributed by atoms with Gasteiger partial charge in [0, 0.05) is 19.0 Å². The van der Waals surface area contributed by atoms with Gasteiger partial charge < -0.3 is 15.7 Å². The van der Waals surface area contributed by atoms with Crippen LogP contribution in [-0.4, -0.2) is 41.1 Å². The van der Waals surface area contributed by atoms with E-state index in [-0.39, 0.29) is 17.9 Å². The highest BCUT2D eigenvalue weighted by Crippen LogP contribution is 2.38. The number of nitrogens with two attached hydrogens (primary N) is 1. The van der Waals surface area contributed by atoms with E-state index < -0.39 is 6.04 Å². The molecule has 1 aliphatic carbocycles. The van der Waals surface area contributed by atoms with Crippen LogP contribution < -0.4 is 5.73 Å². The topological polar surface area (TPSA) is 66.6 Å².